The van der Waals surface area contributed by atoms with Gasteiger partial charge in [0.15, 0.2) is 6.29 Å². The number of ether oxygens (including phenoxy) is 1. The molecule has 2 radical (unpaired) electrons. The Hall–Kier alpha value is -0.0951. The zero-order chi connectivity index (χ0) is 7.78. The second-order valence-electron chi connectivity index (χ2n) is 2.44. The Kier molecular flexibility index (Phi) is 2.01. The van der Waals surface area contributed by atoms with Gasteiger partial charge in [0.1, 0.15) is 7.85 Å². The lowest BCUT2D eigenvalue weighted by molar-refractivity contribution is -0.127. The first-order valence-electron chi connectivity index (χ1n) is 3.02. The van der Waals surface area contributed by atoms with Gasteiger partial charge in [0.05, 0.1) is 18.2 Å². The summed E-state index contributed by atoms with van der Waals surface area (Å²) in [6, 6.07) is 0. The molecule has 1 rings (SSSR count). The first-order valence-corrected chi connectivity index (χ1v) is 3.02. The van der Waals surface area contributed by atoms with E-state index in [1.807, 2.05) is 0 Å². The van der Waals surface area contributed by atoms with E-state index in [1.165, 1.54) is 0 Å². The van der Waals surface area contributed by atoms with Crippen LogP contribution in [0, 0.1) is 0 Å². The summed E-state index contributed by atoms with van der Waals surface area (Å²) in [5.74, 6) is 0. The van der Waals surface area contributed by atoms with Gasteiger partial charge >= 0.3 is 0 Å². The number of aliphatic hydroxyl groups excluding tert-OH is 3. The fourth-order valence-electron chi connectivity index (χ4n) is 0.913. The van der Waals surface area contributed by atoms with Crippen LogP contribution in [0.2, 0.25) is 0 Å². The zero-order valence-corrected chi connectivity index (χ0v) is 5.40. The Morgan fingerprint density at radius 1 is 1.60 bits per heavy atom. The average molecular weight is 144 g/mol. The van der Waals surface area contributed by atoms with Gasteiger partial charge in [0.25, 0.3) is 0 Å². The molecule has 0 aliphatic carbocycles. The molecule has 4 nitrogen and oxygen atoms in total. The van der Waals surface area contributed by atoms with Crippen LogP contribution in [-0.4, -0.2) is 47.7 Å². The van der Waals surface area contributed by atoms with E-state index >= 15 is 0 Å². The van der Waals surface area contributed by atoms with E-state index in [0.29, 0.717) is 0 Å². The monoisotopic (exact) mass is 144 g/mol. The van der Waals surface area contributed by atoms with E-state index in [4.69, 9.17) is 23.2 Å². The Bertz CT molecular complexity index is 131. The molecule has 10 heavy (non-hydrogen) atoms. The Balaban J connectivity index is 2.61. The molecule has 0 aromatic rings. The fraction of sp³-hybridized carbons (Fsp3) is 1.00. The molecule has 0 bridgehead atoms. The molecule has 3 atom stereocenters. The van der Waals surface area contributed by atoms with E-state index in [2.05, 4.69) is 4.74 Å². The molecule has 56 valence electrons. The van der Waals surface area contributed by atoms with Crippen molar-refractivity contribution >= 4 is 7.85 Å². The normalized spacial score (nSPS) is 47.9. The molecule has 5 heteroatoms. The first-order chi connectivity index (χ1) is 4.58. The minimum absolute atomic E-state index is 0.0526. The third-order valence-corrected chi connectivity index (χ3v) is 1.59. The number of hydrogen-bond acceptors (Lipinski definition) is 4. The molecule has 0 saturated carbocycles. The SMILES string of the molecule is [B]C1(CO)O[C@@H](O)C[C@H]1O. The molecule has 1 aliphatic heterocycles. The van der Waals surface area contributed by atoms with Crippen LogP contribution < -0.4 is 0 Å². The van der Waals surface area contributed by atoms with Crippen LogP contribution in [0.1, 0.15) is 6.42 Å². The van der Waals surface area contributed by atoms with Gasteiger partial charge in [-0.25, -0.2) is 0 Å². The lowest BCUT2D eigenvalue weighted by atomic mass is 9.78. The van der Waals surface area contributed by atoms with Gasteiger partial charge in [-0.2, -0.15) is 0 Å². The van der Waals surface area contributed by atoms with Crippen molar-refractivity contribution in [1.82, 2.24) is 0 Å². The standard InChI is InChI=1S/C5H9BO4/c6-5(2-7)3(8)1-4(9)10-5/h3-4,7-9H,1-2H2/t3-,4-,5?/m1/s1. The molecule has 1 fully saturated rings. The quantitative estimate of drug-likeness (QED) is 0.370. The minimum atomic E-state index is -1.47. The second-order valence-corrected chi connectivity index (χ2v) is 2.44. The number of aliphatic hydroxyl groups is 3. The van der Waals surface area contributed by atoms with Gasteiger partial charge in [-0.3, -0.25) is 0 Å². The van der Waals surface area contributed by atoms with Crippen LogP contribution in [0.4, 0.5) is 0 Å². The third kappa shape index (κ3) is 1.18. The third-order valence-electron chi connectivity index (χ3n) is 1.59. The van der Waals surface area contributed by atoms with Crippen LogP contribution in [0.5, 0.6) is 0 Å². The van der Waals surface area contributed by atoms with E-state index in [0.717, 1.165) is 0 Å². The highest BCUT2D eigenvalue weighted by atomic mass is 16.6. The van der Waals surface area contributed by atoms with Gasteiger partial charge in [-0.15, -0.1) is 0 Å². The molecule has 1 aliphatic rings. The van der Waals surface area contributed by atoms with E-state index in [-0.39, 0.29) is 6.42 Å². The Morgan fingerprint density at radius 2 is 2.20 bits per heavy atom. The van der Waals surface area contributed by atoms with E-state index in [9.17, 15) is 0 Å². The maximum atomic E-state index is 9.05. The van der Waals surface area contributed by atoms with E-state index < -0.39 is 24.5 Å². The molecule has 1 unspecified atom stereocenters. The van der Waals surface area contributed by atoms with Gasteiger partial charge in [0.2, 0.25) is 0 Å². The van der Waals surface area contributed by atoms with Crippen molar-refractivity contribution in [2.45, 2.75) is 24.3 Å². The van der Waals surface area contributed by atoms with Crippen molar-refractivity contribution in [3.8, 4) is 0 Å². The van der Waals surface area contributed by atoms with Gasteiger partial charge in [-0.1, -0.05) is 0 Å². The molecule has 3 N–H and O–H groups in total. The molecule has 0 amide bonds. The van der Waals surface area contributed by atoms with Crippen LogP contribution in [-0.2, 0) is 4.74 Å². The summed E-state index contributed by atoms with van der Waals surface area (Å²) in [4.78, 5) is 0. The van der Waals surface area contributed by atoms with Crippen LogP contribution in [0.25, 0.3) is 0 Å². The lowest BCUT2D eigenvalue weighted by Gasteiger charge is -2.24. The van der Waals surface area contributed by atoms with Gasteiger partial charge in [0, 0.05) is 6.42 Å². The summed E-state index contributed by atoms with van der Waals surface area (Å²) in [6.07, 6.45) is -2.00. The highest BCUT2D eigenvalue weighted by Gasteiger charge is 2.42. The highest BCUT2D eigenvalue weighted by molar-refractivity contribution is 6.15. The van der Waals surface area contributed by atoms with Gasteiger partial charge in [-0.05, 0) is 0 Å². The summed E-state index contributed by atoms with van der Waals surface area (Å²) in [5.41, 5.74) is -1.47. The average Bonchev–Trinajstić information content (AvgIpc) is 2.09. The number of hydrogen-bond donors (Lipinski definition) is 3. The predicted molar refractivity (Wildman–Crippen MR) is 33.3 cm³/mol. The topological polar surface area (TPSA) is 69.9 Å². The smallest absolute Gasteiger partial charge is 0.157 e. The first kappa shape index (κ1) is 8.01. The largest absolute Gasteiger partial charge is 0.394 e. The second kappa shape index (κ2) is 2.50. The summed E-state index contributed by atoms with van der Waals surface area (Å²) in [7, 11) is 5.31. The zero-order valence-electron chi connectivity index (χ0n) is 5.40. The summed E-state index contributed by atoms with van der Waals surface area (Å²) in [5, 5.41) is 26.4. The Morgan fingerprint density at radius 3 is 2.40 bits per heavy atom. The number of rotatable bonds is 1. The molecule has 0 aromatic carbocycles. The maximum Gasteiger partial charge on any atom is 0.157 e. The molecule has 1 saturated heterocycles. The molecule has 1 heterocycles. The molecular formula is C5H9BO4. The lowest BCUT2D eigenvalue weighted by Crippen LogP contribution is -2.43. The maximum absolute atomic E-state index is 9.05. The predicted octanol–water partition coefficient (Wildman–Crippen LogP) is -2.06. The van der Waals surface area contributed by atoms with Crippen molar-refractivity contribution in [1.29, 1.82) is 0 Å². The summed E-state index contributed by atoms with van der Waals surface area (Å²) >= 11 is 0. The molecular weight excluding hydrogens is 135 g/mol. The van der Waals surface area contributed by atoms with Crippen LogP contribution >= 0.6 is 0 Å². The minimum Gasteiger partial charge on any atom is -0.394 e. The molecule has 0 spiro atoms. The molecule has 0 aromatic heterocycles. The van der Waals surface area contributed by atoms with Crippen molar-refractivity contribution in [2.24, 2.45) is 0 Å². The van der Waals surface area contributed by atoms with Crippen molar-refractivity contribution in [3.63, 3.8) is 0 Å². The Labute approximate surface area is 59.8 Å². The van der Waals surface area contributed by atoms with Crippen LogP contribution in [0.15, 0.2) is 0 Å². The van der Waals surface area contributed by atoms with Crippen molar-refractivity contribution in [2.75, 3.05) is 6.61 Å². The summed E-state index contributed by atoms with van der Waals surface area (Å²) < 4.78 is 4.64. The van der Waals surface area contributed by atoms with Crippen LogP contribution in [0.3, 0.4) is 0 Å². The fourth-order valence-corrected chi connectivity index (χ4v) is 0.913. The van der Waals surface area contributed by atoms with Gasteiger partial charge < -0.3 is 20.1 Å². The summed E-state index contributed by atoms with van der Waals surface area (Å²) in [6.45, 7) is -0.495. The van der Waals surface area contributed by atoms with E-state index in [1.54, 1.807) is 0 Å². The van der Waals surface area contributed by atoms with Crippen molar-refractivity contribution < 1.29 is 20.1 Å². The highest BCUT2D eigenvalue weighted by Crippen LogP contribution is 2.25. The van der Waals surface area contributed by atoms with Crippen molar-refractivity contribution in [3.05, 3.63) is 0 Å².